The maximum absolute atomic E-state index is 13.8. The van der Waals surface area contributed by atoms with Crippen molar-refractivity contribution in [2.24, 2.45) is 0 Å². The Labute approximate surface area is 142 Å². The Morgan fingerprint density at radius 1 is 1.08 bits per heavy atom. The number of likely N-dealkylation sites (tertiary alicyclic amines) is 1. The molecule has 2 saturated heterocycles. The van der Waals surface area contributed by atoms with Gasteiger partial charge in [0.25, 0.3) is 5.91 Å². The summed E-state index contributed by atoms with van der Waals surface area (Å²) in [6, 6.07) is 6.71. The maximum atomic E-state index is 13.8. The molecule has 0 unspecified atom stereocenters. The third-order valence-corrected chi connectivity index (χ3v) is 5.20. The molecule has 2 heterocycles. The van der Waals surface area contributed by atoms with E-state index in [0.29, 0.717) is 19.1 Å². The van der Waals surface area contributed by atoms with E-state index >= 15 is 0 Å². The van der Waals surface area contributed by atoms with Gasteiger partial charge in [-0.1, -0.05) is 12.1 Å². The highest BCUT2D eigenvalue weighted by Crippen LogP contribution is 2.20. The SMILES string of the molecule is O=C(c1ccccc1F)N1CCC(N2CCN(CCO)CC2)CC1. The molecule has 0 radical (unpaired) electrons. The Morgan fingerprint density at radius 2 is 1.75 bits per heavy atom. The van der Waals surface area contributed by atoms with Gasteiger partial charge in [-0.15, -0.1) is 0 Å². The number of nitrogens with zero attached hydrogens (tertiary/aromatic N) is 3. The van der Waals surface area contributed by atoms with Gasteiger partial charge in [0.2, 0.25) is 0 Å². The number of carbonyl (C=O) groups is 1. The summed E-state index contributed by atoms with van der Waals surface area (Å²) >= 11 is 0. The number of hydrogen-bond acceptors (Lipinski definition) is 4. The highest BCUT2D eigenvalue weighted by atomic mass is 19.1. The van der Waals surface area contributed by atoms with E-state index < -0.39 is 5.82 Å². The molecule has 2 aliphatic heterocycles. The van der Waals surface area contributed by atoms with Crippen LogP contribution in [0.5, 0.6) is 0 Å². The van der Waals surface area contributed by atoms with Crippen LogP contribution in [0.3, 0.4) is 0 Å². The second-order valence-electron chi connectivity index (χ2n) is 6.60. The zero-order chi connectivity index (χ0) is 16.9. The number of carbonyl (C=O) groups excluding carboxylic acids is 1. The van der Waals surface area contributed by atoms with E-state index in [1.807, 2.05) is 0 Å². The first-order valence-corrected chi connectivity index (χ1v) is 8.80. The molecule has 3 rings (SSSR count). The summed E-state index contributed by atoms with van der Waals surface area (Å²) in [6.45, 7) is 6.38. The predicted molar refractivity (Wildman–Crippen MR) is 90.4 cm³/mol. The molecule has 5 nitrogen and oxygen atoms in total. The number of benzene rings is 1. The molecule has 132 valence electrons. The molecule has 0 saturated carbocycles. The summed E-state index contributed by atoms with van der Waals surface area (Å²) in [5, 5.41) is 9.01. The van der Waals surface area contributed by atoms with Crippen LogP contribution in [0.25, 0.3) is 0 Å². The van der Waals surface area contributed by atoms with E-state index in [4.69, 9.17) is 5.11 Å². The van der Waals surface area contributed by atoms with E-state index in [-0.39, 0.29) is 18.1 Å². The van der Waals surface area contributed by atoms with Crippen LogP contribution in [-0.2, 0) is 0 Å². The normalized spacial score (nSPS) is 21.2. The van der Waals surface area contributed by atoms with Crippen molar-refractivity contribution in [3.63, 3.8) is 0 Å². The summed E-state index contributed by atoms with van der Waals surface area (Å²) in [6.07, 6.45) is 1.89. The van der Waals surface area contributed by atoms with Gasteiger partial charge in [0.1, 0.15) is 5.82 Å². The summed E-state index contributed by atoms with van der Waals surface area (Å²) in [7, 11) is 0. The van der Waals surface area contributed by atoms with Crippen molar-refractivity contribution in [2.45, 2.75) is 18.9 Å². The number of amides is 1. The number of β-amino-alcohol motifs (C(OH)–C–C–N with tert-alkyl or cyclic N) is 1. The minimum atomic E-state index is -0.440. The molecule has 2 aliphatic rings. The first kappa shape index (κ1) is 17.3. The molecule has 1 N–H and O–H groups in total. The molecular formula is C18H26FN3O2. The Hall–Kier alpha value is -1.50. The number of hydrogen-bond donors (Lipinski definition) is 1. The Balaban J connectivity index is 1.49. The van der Waals surface area contributed by atoms with Crippen molar-refractivity contribution in [3.05, 3.63) is 35.6 Å². The van der Waals surface area contributed by atoms with Gasteiger partial charge >= 0.3 is 0 Å². The zero-order valence-corrected chi connectivity index (χ0v) is 14.0. The number of rotatable bonds is 4. The van der Waals surface area contributed by atoms with Crippen molar-refractivity contribution < 1.29 is 14.3 Å². The van der Waals surface area contributed by atoms with Gasteiger partial charge in [-0.3, -0.25) is 14.6 Å². The molecule has 1 aromatic rings. The number of halogens is 1. The van der Waals surface area contributed by atoms with E-state index in [9.17, 15) is 9.18 Å². The summed E-state index contributed by atoms with van der Waals surface area (Å²) < 4.78 is 13.8. The van der Waals surface area contributed by atoms with Gasteiger partial charge in [-0.05, 0) is 25.0 Å². The largest absolute Gasteiger partial charge is 0.395 e. The number of piperazine rings is 1. The number of aliphatic hydroxyl groups is 1. The molecule has 1 aromatic carbocycles. The van der Waals surface area contributed by atoms with Gasteiger partial charge in [-0.25, -0.2) is 4.39 Å². The Bertz CT molecular complexity index is 553. The lowest BCUT2D eigenvalue weighted by Gasteiger charge is -2.42. The molecular weight excluding hydrogens is 309 g/mol. The fourth-order valence-electron chi connectivity index (χ4n) is 3.73. The molecule has 0 spiro atoms. The lowest BCUT2D eigenvalue weighted by atomic mass is 10.0. The average Bonchev–Trinajstić information content (AvgIpc) is 2.63. The van der Waals surface area contributed by atoms with Crippen LogP contribution in [0.2, 0.25) is 0 Å². The second-order valence-corrected chi connectivity index (χ2v) is 6.60. The predicted octanol–water partition coefficient (Wildman–Crippen LogP) is 1.04. The summed E-state index contributed by atoms with van der Waals surface area (Å²) in [5.41, 5.74) is 0.175. The van der Waals surface area contributed by atoms with Crippen LogP contribution in [0, 0.1) is 5.82 Å². The highest BCUT2D eigenvalue weighted by molar-refractivity contribution is 5.94. The van der Waals surface area contributed by atoms with Gasteiger partial charge < -0.3 is 10.0 Å². The van der Waals surface area contributed by atoms with Crippen LogP contribution >= 0.6 is 0 Å². The molecule has 1 amide bonds. The first-order chi connectivity index (χ1) is 11.7. The van der Waals surface area contributed by atoms with Gasteiger partial charge in [0.15, 0.2) is 0 Å². The van der Waals surface area contributed by atoms with E-state index in [2.05, 4.69) is 9.80 Å². The van der Waals surface area contributed by atoms with Crippen molar-refractivity contribution in [1.82, 2.24) is 14.7 Å². The Morgan fingerprint density at radius 3 is 2.38 bits per heavy atom. The van der Waals surface area contributed by atoms with Crippen molar-refractivity contribution in [3.8, 4) is 0 Å². The lowest BCUT2D eigenvalue weighted by Crippen LogP contribution is -2.54. The maximum Gasteiger partial charge on any atom is 0.256 e. The fraction of sp³-hybridized carbons (Fsp3) is 0.611. The minimum absolute atomic E-state index is 0.175. The van der Waals surface area contributed by atoms with Crippen LogP contribution in [0.1, 0.15) is 23.2 Å². The molecule has 0 aliphatic carbocycles. The van der Waals surface area contributed by atoms with Gasteiger partial charge in [0.05, 0.1) is 12.2 Å². The third-order valence-electron chi connectivity index (χ3n) is 5.20. The lowest BCUT2D eigenvalue weighted by molar-refractivity contribution is 0.0449. The average molecular weight is 335 g/mol. The molecule has 0 bridgehead atoms. The van der Waals surface area contributed by atoms with Gasteiger partial charge in [0, 0.05) is 51.9 Å². The second kappa shape index (κ2) is 8.05. The van der Waals surface area contributed by atoms with Crippen molar-refractivity contribution in [1.29, 1.82) is 0 Å². The van der Waals surface area contributed by atoms with Crippen LogP contribution in [0.4, 0.5) is 4.39 Å². The molecule has 0 atom stereocenters. The standard InChI is InChI=1S/C18H26FN3O2/c19-17-4-2-1-3-16(17)18(24)22-7-5-15(6-8-22)21-11-9-20(10-12-21)13-14-23/h1-4,15,23H,5-14H2. The van der Waals surface area contributed by atoms with Crippen LogP contribution < -0.4 is 0 Å². The van der Waals surface area contributed by atoms with E-state index in [1.54, 1.807) is 23.1 Å². The summed E-state index contributed by atoms with van der Waals surface area (Å²) in [5.74, 6) is -0.635. The number of aliphatic hydroxyl groups excluding tert-OH is 1. The Kier molecular flexibility index (Phi) is 5.81. The van der Waals surface area contributed by atoms with Crippen LogP contribution in [-0.4, -0.2) is 84.2 Å². The first-order valence-electron chi connectivity index (χ1n) is 8.80. The minimum Gasteiger partial charge on any atom is -0.395 e. The van der Waals surface area contributed by atoms with E-state index in [1.165, 1.54) is 6.07 Å². The zero-order valence-electron chi connectivity index (χ0n) is 14.0. The molecule has 0 aromatic heterocycles. The van der Waals surface area contributed by atoms with Crippen LogP contribution in [0.15, 0.2) is 24.3 Å². The fourth-order valence-corrected chi connectivity index (χ4v) is 3.73. The molecule has 24 heavy (non-hydrogen) atoms. The van der Waals surface area contributed by atoms with E-state index in [0.717, 1.165) is 45.6 Å². The molecule has 2 fully saturated rings. The summed E-state index contributed by atoms with van der Waals surface area (Å²) in [4.78, 5) is 19.0. The highest BCUT2D eigenvalue weighted by Gasteiger charge is 2.29. The smallest absolute Gasteiger partial charge is 0.256 e. The number of piperidine rings is 1. The topological polar surface area (TPSA) is 47.0 Å². The van der Waals surface area contributed by atoms with Crippen molar-refractivity contribution >= 4 is 5.91 Å². The quantitative estimate of drug-likeness (QED) is 0.893. The van der Waals surface area contributed by atoms with Gasteiger partial charge in [-0.2, -0.15) is 0 Å². The third kappa shape index (κ3) is 3.94. The monoisotopic (exact) mass is 335 g/mol. The van der Waals surface area contributed by atoms with Crippen molar-refractivity contribution in [2.75, 3.05) is 52.4 Å². The molecule has 6 heteroatoms.